The first-order chi connectivity index (χ1) is 17.3. The van der Waals surface area contributed by atoms with Crippen LogP contribution in [0, 0.1) is 5.92 Å². The largest absolute Gasteiger partial charge is 0.552 e. The number of benzene rings is 1. The number of halogens is 2. The van der Waals surface area contributed by atoms with E-state index in [4.69, 9.17) is 37.2 Å². The second kappa shape index (κ2) is 13.1. The lowest BCUT2D eigenvalue weighted by Crippen LogP contribution is -2.62. The monoisotopic (exact) mass is 557 g/mol. The highest BCUT2D eigenvalue weighted by atomic mass is 35.5. The van der Waals surface area contributed by atoms with Crippen molar-refractivity contribution in [1.29, 1.82) is 0 Å². The van der Waals surface area contributed by atoms with Gasteiger partial charge >= 0.3 is 13.1 Å². The molecule has 0 radical (unpaired) electrons. The van der Waals surface area contributed by atoms with Crippen LogP contribution in [0.1, 0.15) is 43.5 Å². The number of carbonyl (C=O) groups excluding carboxylic acids is 5. The maximum absolute atomic E-state index is 12.7. The van der Waals surface area contributed by atoms with Crippen LogP contribution in [0.5, 0.6) is 0 Å². The highest BCUT2D eigenvalue weighted by Crippen LogP contribution is 2.31. The molecule has 0 unspecified atom stereocenters. The van der Waals surface area contributed by atoms with Crippen molar-refractivity contribution in [2.75, 3.05) is 27.7 Å². The molecule has 2 atom stereocenters. The molecule has 14 heteroatoms. The van der Waals surface area contributed by atoms with Gasteiger partial charge in [-0.3, -0.25) is 19.2 Å². The van der Waals surface area contributed by atoms with Crippen molar-refractivity contribution in [2.24, 2.45) is 5.92 Å². The van der Waals surface area contributed by atoms with E-state index in [-0.39, 0.29) is 22.9 Å². The normalized spacial score (nSPS) is 18.1. The van der Waals surface area contributed by atoms with Gasteiger partial charge in [0.15, 0.2) is 5.60 Å². The third-order valence-electron chi connectivity index (χ3n) is 5.50. The Kier molecular flexibility index (Phi) is 10.8. The molecular formula is C23H30BCl2N3O8. The number of amides is 3. The Morgan fingerprint density at radius 1 is 1.22 bits per heavy atom. The molecule has 2 rings (SSSR count). The van der Waals surface area contributed by atoms with E-state index >= 15 is 0 Å². The summed E-state index contributed by atoms with van der Waals surface area (Å²) in [5, 5.41) is 5.59. The van der Waals surface area contributed by atoms with Gasteiger partial charge in [-0.1, -0.05) is 37.0 Å². The number of carbonyl (C=O) groups is 5. The summed E-state index contributed by atoms with van der Waals surface area (Å²) in [5.41, 5.74) is -1.83. The molecule has 202 valence electrons. The molecule has 0 aromatic heterocycles. The van der Waals surface area contributed by atoms with Gasteiger partial charge in [-0.2, -0.15) is 0 Å². The zero-order chi connectivity index (χ0) is 27.9. The highest BCUT2D eigenvalue weighted by molar-refractivity contribution is 6.50. The van der Waals surface area contributed by atoms with Gasteiger partial charge < -0.3 is 29.6 Å². The molecule has 1 fully saturated rings. The molecule has 0 aliphatic carbocycles. The predicted molar refractivity (Wildman–Crippen MR) is 136 cm³/mol. The van der Waals surface area contributed by atoms with E-state index in [1.165, 1.54) is 37.2 Å². The number of nitrogens with zero attached hydrogens (tertiary/aromatic N) is 1. The molecule has 11 nitrogen and oxygen atoms in total. The molecule has 37 heavy (non-hydrogen) atoms. The van der Waals surface area contributed by atoms with E-state index in [2.05, 4.69) is 10.6 Å². The van der Waals surface area contributed by atoms with Crippen LogP contribution < -0.4 is 10.6 Å². The van der Waals surface area contributed by atoms with Crippen molar-refractivity contribution in [3.63, 3.8) is 0 Å². The van der Waals surface area contributed by atoms with Crippen LogP contribution in [0.25, 0.3) is 0 Å². The predicted octanol–water partition coefficient (Wildman–Crippen LogP) is 1.64. The van der Waals surface area contributed by atoms with Gasteiger partial charge in [-0.05, 0) is 30.5 Å². The fourth-order valence-corrected chi connectivity index (χ4v) is 4.05. The summed E-state index contributed by atoms with van der Waals surface area (Å²) in [6.07, 6.45) is -0.706. The van der Waals surface area contributed by atoms with E-state index in [9.17, 15) is 24.0 Å². The molecular weight excluding hydrogens is 528 g/mol. The second-order valence-corrected chi connectivity index (χ2v) is 10.1. The number of methoxy groups -OCH3 is 1. The van der Waals surface area contributed by atoms with E-state index < -0.39 is 67.7 Å². The van der Waals surface area contributed by atoms with Crippen LogP contribution in [0.15, 0.2) is 18.2 Å². The van der Waals surface area contributed by atoms with E-state index in [1.54, 1.807) is 0 Å². The Balaban J connectivity index is 2.20. The second-order valence-electron chi connectivity index (χ2n) is 9.21. The van der Waals surface area contributed by atoms with Crippen LogP contribution >= 0.6 is 23.2 Å². The van der Waals surface area contributed by atoms with Gasteiger partial charge in [0.05, 0.1) is 43.0 Å². The van der Waals surface area contributed by atoms with E-state index in [1.807, 2.05) is 13.8 Å². The topological polar surface area (TPSA) is 140 Å². The first-order valence-electron chi connectivity index (χ1n) is 11.5. The summed E-state index contributed by atoms with van der Waals surface area (Å²) in [7, 11) is 2.72. The van der Waals surface area contributed by atoms with Crippen molar-refractivity contribution < 1.29 is 38.0 Å². The molecule has 1 saturated heterocycles. The highest BCUT2D eigenvalue weighted by Gasteiger charge is 2.55. The number of esters is 1. The molecule has 1 heterocycles. The van der Waals surface area contributed by atoms with Crippen LogP contribution in [-0.2, 0) is 33.2 Å². The average molecular weight is 558 g/mol. The van der Waals surface area contributed by atoms with Gasteiger partial charge in [0.2, 0.25) is 11.8 Å². The van der Waals surface area contributed by atoms with Crippen LogP contribution in [0.4, 0.5) is 0 Å². The minimum atomic E-state index is -1.92. The number of nitrogens with one attached hydrogen (secondary N) is 2. The fraction of sp³-hybridized carbons (Fsp3) is 0.522. The molecule has 0 spiro atoms. The molecule has 1 aliphatic heterocycles. The molecule has 0 saturated carbocycles. The lowest BCUT2D eigenvalue weighted by Gasteiger charge is -2.39. The van der Waals surface area contributed by atoms with Gasteiger partial charge in [-0.25, -0.2) is 4.79 Å². The van der Waals surface area contributed by atoms with Gasteiger partial charge in [0.1, 0.15) is 0 Å². The molecule has 2 N–H and O–H groups in total. The minimum absolute atomic E-state index is 0.00493. The number of ether oxygens (including phenoxy) is 1. The maximum atomic E-state index is 12.7. The average Bonchev–Trinajstić information content (AvgIpc) is 2.82. The zero-order valence-electron chi connectivity index (χ0n) is 21.3. The van der Waals surface area contributed by atoms with Crippen molar-refractivity contribution >= 4 is 60.0 Å². The Bertz CT molecular complexity index is 1050. The third kappa shape index (κ3) is 8.34. The summed E-state index contributed by atoms with van der Waals surface area (Å²) in [5.74, 6) is -4.30. The maximum Gasteiger partial charge on any atom is 0.552 e. The third-order valence-corrected chi connectivity index (χ3v) is 6.06. The molecule has 0 bridgehead atoms. The number of hydrogen-bond acceptors (Lipinski definition) is 8. The smallest absolute Gasteiger partial charge is 0.508 e. The SMILES string of the molecule is COC(=O)[C@]1(CC(=O)N(C)C)CC(=O)OB([C@H](CC(C)C)NC(=O)CNC(=O)c2cc(Cl)ccc2Cl)O1. The van der Waals surface area contributed by atoms with Crippen LogP contribution in [0.2, 0.25) is 10.0 Å². The minimum Gasteiger partial charge on any atom is -0.508 e. The van der Waals surface area contributed by atoms with Crippen molar-refractivity contribution in [1.82, 2.24) is 15.5 Å². The lowest BCUT2D eigenvalue weighted by molar-refractivity contribution is -0.176. The zero-order valence-corrected chi connectivity index (χ0v) is 22.8. The molecule has 1 aromatic carbocycles. The summed E-state index contributed by atoms with van der Waals surface area (Å²) in [6.45, 7) is 3.31. The number of hydrogen-bond donors (Lipinski definition) is 2. The van der Waals surface area contributed by atoms with Crippen molar-refractivity contribution in [3.8, 4) is 0 Å². The van der Waals surface area contributed by atoms with Crippen molar-refractivity contribution in [3.05, 3.63) is 33.8 Å². The first kappa shape index (κ1) is 30.4. The Hall–Kier alpha value is -2.83. The Morgan fingerprint density at radius 2 is 1.89 bits per heavy atom. The molecule has 1 aliphatic rings. The molecule has 1 aromatic rings. The quantitative estimate of drug-likeness (QED) is 0.327. The summed E-state index contributed by atoms with van der Waals surface area (Å²) < 4.78 is 16.1. The van der Waals surface area contributed by atoms with E-state index in [0.29, 0.717) is 5.02 Å². The van der Waals surface area contributed by atoms with Crippen LogP contribution in [0.3, 0.4) is 0 Å². The molecule has 3 amide bonds. The Morgan fingerprint density at radius 3 is 2.49 bits per heavy atom. The summed E-state index contributed by atoms with van der Waals surface area (Å²) in [6, 6.07) is 4.35. The fourth-order valence-electron chi connectivity index (χ4n) is 3.67. The lowest BCUT2D eigenvalue weighted by atomic mass is 9.70. The summed E-state index contributed by atoms with van der Waals surface area (Å²) in [4.78, 5) is 64.1. The van der Waals surface area contributed by atoms with Crippen molar-refractivity contribution in [2.45, 2.75) is 44.7 Å². The summed E-state index contributed by atoms with van der Waals surface area (Å²) >= 11 is 11.9. The van der Waals surface area contributed by atoms with E-state index in [0.717, 1.165) is 7.11 Å². The van der Waals surface area contributed by atoms with Gasteiger partial charge in [0, 0.05) is 19.1 Å². The Labute approximate surface area is 225 Å². The number of rotatable bonds is 10. The standard InChI is InChI=1S/C23H30BCl2N3O8/c1-13(2)8-17(28-18(30)12-27-21(33)15-9-14(25)6-7-16(15)26)24-36-20(32)11-23(37-24,22(34)35-5)10-19(31)29(3)4/h6-7,9,13,17H,8,10-12H2,1-5H3,(H,27,33)(H,28,30)/t17-,23-/m0/s1. The first-order valence-corrected chi connectivity index (χ1v) is 12.2. The van der Waals surface area contributed by atoms with Gasteiger partial charge in [-0.15, -0.1) is 0 Å². The van der Waals surface area contributed by atoms with Gasteiger partial charge in [0.25, 0.3) is 11.9 Å². The van der Waals surface area contributed by atoms with Crippen LogP contribution in [-0.4, -0.2) is 81.0 Å².